The van der Waals surface area contributed by atoms with Gasteiger partial charge in [0.1, 0.15) is 0 Å². The van der Waals surface area contributed by atoms with Gasteiger partial charge in [-0.3, -0.25) is 0 Å². The number of hydrogen-bond acceptors (Lipinski definition) is 4. The summed E-state index contributed by atoms with van der Waals surface area (Å²) in [4.78, 5) is 4.20. The smallest absolute Gasteiger partial charge is 0.376 e. The lowest BCUT2D eigenvalue weighted by Crippen LogP contribution is -2.07. The van der Waals surface area contributed by atoms with E-state index in [1.807, 2.05) is 30.3 Å². The predicted molar refractivity (Wildman–Crippen MR) is 83.5 cm³/mol. The summed E-state index contributed by atoms with van der Waals surface area (Å²) >= 11 is 5.58. The van der Waals surface area contributed by atoms with Crippen molar-refractivity contribution in [3.8, 4) is 11.4 Å². The average molecular weight is 354 g/mol. The van der Waals surface area contributed by atoms with Gasteiger partial charge in [-0.2, -0.15) is 18.2 Å². The fourth-order valence-corrected chi connectivity index (χ4v) is 2.29. The number of hydrogen-bond donors (Lipinski definition) is 1. The second-order valence-corrected chi connectivity index (χ2v) is 5.33. The summed E-state index contributed by atoms with van der Waals surface area (Å²) in [5.41, 5.74) is 0.147. The van der Waals surface area contributed by atoms with Gasteiger partial charge in [-0.15, -0.1) is 0 Å². The van der Waals surface area contributed by atoms with E-state index in [2.05, 4.69) is 15.5 Å². The topological polar surface area (TPSA) is 51.0 Å². The van der Waals surface area contributed by atoms with E-state index in [0.717, 1.165) is 11.6 Å². The Labute approximate surface area is 140 Å². The van der Waals surface area contributed by atoms with Gasteiger partial charge in [-0.1, -0.05) is 47.1 Å². The molecule has 0 aliphatic heterocycles. The minimum Gasteiger partial charge on any atom is -0.376 e. The Bertz CT molecular complexity index is 834. The minimum absolute atomic E-state index is 0.0960. The van der Waals surface area contributed by atoms with Gasteiger partial charge in [-0.25, -0.2) is 0 Å². The molecule has 1 N–H and O–H groups in total. The maximum atomic E-state index is 12.8. The number of rotatable bonds is 4. The molecule has 0 amide bonds. The first-order valence-electron chi connectivity index (χ1n) is 6.92. The molecule has 0 atom stereocenters. The molecule has 8 heteroatoms. The number of nitrogens with one attached hydrogen (secondary N) is 1. The van der Waals surface area contributed by atoms with Crippen molar-refractivity contribution in [2.45, 2.75) is 12.7 Å². The molecule has 3 rings (SSSR count). The molecular formula is C16H11ClF3N3O. The molecule has 0 unspecified atom stereocenters. The van der Waals surface area contributed by atoms with Crippen LogP contribution in [-0.4, -0.2) is 10.1 Å². The van der Waals surface area contributed by atoms with Gasteiger partial charge in [0.25, 0.3) is 0 Å². The van der Waals surface area contributed by atoms with Crippen molar-refractivity contribution in [2.24, 2.45) is 0 Å². The normalized spacial score (nSPS) is 11.5. The van der Waals surface area contributed by atoms with Gasteiger partial charge in [0, 0.05) is 11.3 Å². The van der Waals surface area contributed by atoms with Crippen LogP contribution in [0.1, 0.15) is 11.5 Å². The highest BCUT2D eigenvalue weighted by atomic mass is 35.5. The summed E-state index contributed by atoms with van der Waals surface area (Å²) in [6.07, 6.45) is -4.51. The average Bonchev–Trinajstić information content (AvgIpc) is 3.03. The number of nitrogens with zero attached hydrogens (tertiary/aromatic N) is 2. The number of benzene rings is 2. The lowest BCUT2D eigenvalue weighted by atomic mass is 10.2. The van der Waals surface area contributed by atoms with Gasteiger partial charge in [0.05, 0.1) is 17.1 Å². The third kappa shape index (κ3) is 3.68. The van der Waals surface area contributed by atoms with E-state index in [-0.39, 0.29) is 23.1 Å². The second-order valence-electron chi connectivity index (χ2n) is 4.92. The molecule has 2 aromatic carbocycles. The molecule has 0 spiro atoms. The van der Waals surface area contributed by atoms with Gasteiger partial charge in [0.15, 0.2) is 0 Å². The summed E-state index contributed by atoms with van der Waals surface area (Å²) in [7, 11) is 0. The second kappa shape index (κ2) is 6.52. The SMILES string of the molecule is FC(F)(F)c1cc(NCc2nc(-c3ccccc3)no2)ccc1Cl. The molecule has 3 aromatic rings. The molecule has 0 aliphatic carbocycles. The van der Waals surface area contributed by atoms with Crippen molar-refractivity contribution in [3.63, 3.8) is 0 Å². The van der Waals surface area contributed by atoms with Crippen LogP contribution in [0.25, 0.3) is 11.4 Å². The molecule has 124 valence electrons. The van der Waals surface area contributed by atoms with Gasteiger partial charge in [-0.05, 0) is 18.2 Å². The van der Waals surface area contributed by atoms with Crippen molar-refractivity contribution in [1.82, 2.24) is 10.1 Å². The highest BCUT2D eigenvalue weighted by Gasteiger charge is 2.33. The standard InChI is InChI=1S/C16H11ClF3N3O/c17-13-7-6-11(8-12(13)16(18,19)20)21-9-14-22-15(23-24-14)10-4-2-1-3-5-10/h1-8,21H,9H2. The van der Waals surface area contributed by atoms with Gasteiger partial charge >= 0.3 is 6.18 Å². The first-order valence-corrected chi connectivity index (χ1v) is 7.30. The van der Waals surface area contributed by atoms with E-state index in [9.17, 15) is 13.2 Å². The van der Waals surface area contributed by atoms with Crippen molar-refractivity contribution >= 4 is 17.3 Å². The van der Waals surface area contributed by atoms with Crippen LogP contribution in [-0.2, 0) is 12.7 Å². The summed E-state index contributed by atoms with van der Waals surface area (Å²) in [5, 5.41) is 6.30. The van der Waals surface area contributed by atoms with Crippen LogP contribution in [0.3, 0.4) is 0 Å². The van der Waals surface area contributed by atoms with Gasteiger partial charge in [0.2, 0.25) is 11.7 Å². The fraction of sp³-hybridized carbons (Fsp3) is 0.125. The zero-order chi connectivity index (χ0) is 17.2. The summed E-state index contributed by atoms with van der Waals surface area (Å²) in [6.45, 7) is 0.0960. The van der Waals surface area contributed by atoms with Crippen molar-refractivity contribution in [1.29, 1.82) is 0 Å². The Morgan fingerprint density at radius 3 is 2.54 bits per heavy atom. The molecule has 0 fully saturated rings. The molecule has 0 saturated heterocycles. The van der Waals surface area contributed by atoms with Crippen molar-refractivity contribution in [3.05, 3.63) is 65.0 Å². The molecule has 24 heavy (non-hydrogen) atoms. The lowest BCUT2D eigenvalue weighted by Gasteiger charge is -2.11. The van der Waals surface area contributed by atoms with E-state index < -0.39 is 11.7 Å². The largest absolute Gasteiger partial charge is 0.417 e. The Hall–Kier alpha value is -2.54. The van der Waals surface area contributed by atoms with Crippen LogP contribution < -0.4 is 5.32 Å². The minimum atomic E-state index is -4.51. The zero-order valence-corrected chi connectivity index (χ0v) is 12.9. The number of halogens is 4. The van der Waals surface area contributed by atoms with E-state index in [1.54, 1.807) is 0 Å². The third-order valence-electron chi connectivity index (χ3n) is 3.22. The highest BCUT2D eigenvalue weighted by Crippen LogP contribution is 2.36. The van der Waals surface area contributed by atoms with E-state index in [0.29, 0.717) is 5.82 Å². The molecule has 0 bridgehead atoms. The number of alkyl halides is 3. The summed E-state index contributed by atoms with van der Waals surface area (Å²) < 4.78 is 43.6. The van der Waals surface area contributed by atoms with Crippen LogP contribution >= 0.6 is 11.6 Å². The summed E-state index contributed by atoms with van der Waals surface area (Å²) in [6, 6.07) is 12.8. The van der Waals surface area contributed by atoms with E-state index in [1.165, 1.54) is 12.1 Å². The van der Waals surface area contributed by atoms with E-state index >= 15 is 0 Å². The predicted octanol–water partition coefficient (Wildman–Crippen LogP) is 5.02. The first-order chi connectivity index (χ1) is 11.4. The van der Waals surface area contributed by atoms with Crippen LogP contribution in [0, 0.1) is 0 Å². The molecule has 1 heterocycles. The Morgan fingerprint density at radius 2 is 1.83 bits per heavy atom. The number of anilines is 1. The van der Waals surface area contributed by atoms with Crippen LogP contribution in [0.2, 0.25) is 5.02 Å². The maximum Gasteiger partial charge on any atom is 0.417 e. The Kier molecular flexibility index (Phi) is 4.44. The fourth-order valence-electron chi connectivity index (χ4n) is 2.06. The van der Waals surface area contributed by atoms with Crippen LogP contribution in [0.5, 0.6) is 0 Å². The van der Waals surface area contributed by atoms with Gasteiger partial charge < -0.3 is 9.84 Å². The maximum absolute atomic E-state index is 12.8. The highest BCUT2D eigenvalue weighted by molar-refractivity contribution is 6.31. The molecule has 0 saturated carbocycles. The Balaban J connectivity index is 1.72. The van der Waals surface area contributed by atoms with Crippen LogP contribution in [0.15, 0.2) is 53.1 Å². The monoisotopic (exact) mass is 353 g/mol. The third-order valence-corrected chi connectivity index (χ3v) is 3.55. The molecule has 1 aromatic heterocycles. The molecular weight excluding hydrogens is 343 g/mol. The van der Waals surface area contributed by atoms with Crippen LogP contribution in [0.4, 0.5) is 18.9 Å². The molecule has 4 nitrogen and oxygen atoms in total. The Morgan fingerprint density at radius 1 is 1.08 bits per heavy atom. The first kappa shape index (κ1) is 16.3. The molecule has 0 radical (unpaired) electrons. The zero-order valence-electron chi connectivity index (χ0n) is 12.1. The number of aromatic nitrogens is 2. The summed E-state index contributed by atoms with van der Waals surface area (Å²) in [5.74, 6) is 0.678. The van der Waals surface area contributed by atoms with Crippen molar-refractivity contribution in [2.75, 3.05) is 5.32 Å². The lowest BCUT2D eigenvalue weighted by molar-refractivity contribution is -0.137. The molecule has 0 aliphatic rings. The quantitative estimate of drug-likeness (QED) is 0.715. The van der Waals surface area contributed by atoms with E-state index in [4.69, 9.17) is 16.1 Å². The van der Waals surface area contributed by atoms with Crippen molar-refractivity contribution < 1.29 is 17.7 Å².